The number of methoxy groups -OCH3 is 1. The van der Waals surface area contributed by atoms with E-state index in [1.165, 1.54) is 18.2 Å². The van der Waals surface area contributed by atoms with Crippen LogP contribution in [0.5, 0.6) is 0 Å². The maximum atomic E-state index is 11.4. The standard InChI is InChI=1S/C16H25N3O2.HI/c1-12-8-6-7-9-14(12)11-19(4)16(17-3)18-10-13(2)15(20)21-5;/h6-9,13H,10-11H2,1-5H3,(H,17,18);1H. The molecule has 1 atom stereocenters. The van der Waals surface area contributed by atoms with Crippen molar-refractivity contribution in [1.29, 1.82) is 0 Å². The number of rotatable bonds is 5. The highest BCUT2D eigenvalue weighted by atomic mass is 127. The second-order valence-electron chi connectivity index (χ2n) is 5.13. The lowest BCUT2D eigenvalue weighted by Gasteiger charge is -2.23. The van der Waals surface area contributed by atoms with Crippen LogP contribution in [0.2, 0.25) is 0 Å². The summed E-state index contributed by atoms with van der Waals surface area (Å²) in [5.41, 5.74) is 2.51. The van der Waals surface area contributed by atoms with E-state index in [2.05, 4.69) is 29.4 Å². The van der Waals surface area contributed by atoms with E-state index in [9.17, 15) is 4.79 Å². The fourth-order valence-corrected chi connectivity index (χ4v) is 2.03. The summed E-state index contributed by atoms with van der Waals surface area (Å²) in [5, 5.41) is 3.20. The van der Waals surface area contributed by atoms with Gasteiger partial charge in [0.25, 0.3) is 0 Å². The molecule has 0 aliphatic heterocycles. The lowest BCUT2D eigenvalue weighted by Crippen LogP contribution is -2.41. The normalized spacial score (nSPS) is 12.1. The molecular weight excluding hydrogens is 393 g/mol. The molecule has 0 radical (unpaired) electrons. The predicted molar refractivity (Wildman–Crippen MR) is 101 cm³/mol. The third kappa shape index (κ3) is 6.21. The molecule has 0 aliphatic rings. The number of carbonyl (C=O) groups excluding carboxylic acids is 1. The average Bonchev–Trinajstić information content (AvgIpc) is 2.49. The summed E-state index contributed by atoms with van der Waals surface area (Å²) >= 11 is 0. The van der Waals surface area contributed by atoms with Gasteiger partial charge in [-0.2, -0.15) is 0 Å². The minimum Gasteiger partial charge on any atom is -0.469 e. The number of benzene rings is 1. The molecule has 0 bridgehead atoms. The Morgan fingerprint density at radius 2 is 2.05 bits per heavy atom. The Bertz CT molecular complexity index is 506. The van der Waals surface area contributed by atoms with Crippen LogP contribution < -0.4 is 5.32 Å². The topological polar surface area (TPSA) is 53.9 Å². The second-order valence-corrected chi connectivity index (χ2v) is 5.13. The molecule has 0 saturated heterocycles. The van der Waals surface area contributed by atoms with Crippen molar-refractivity contribution in [3.8, 4) is 0 Å². The number of halogens is 1. The molecule has 0 aliphatic carbocycles. The van der Waals surface area contributed by atoms with E-state index in [0.717, 1.165) is 12.5 Å². The summed E-state index contributed by atoms with van der Waals surface area (Å²) in [7, 11) is 5.11. The van der Waals surface area contributed by atoms with Gasteiger partial charge in [0.1, 0.15) is 0 Å². The lowest BCUT2D eigenvalue weighted by molar-refractivity contribution is -0.144. The number of nitrogens with zero attached hydrogens (tertiary/aromatic N) is 2. The highest BCUT2D eigenvalue weighted by Gasteiger charge is 2.15. The van der Waals surface area contributed by atoms with E-state index in [4.69, 9.17) is 4.74 Å². The van der Waals surface area contributed by atoms with Crippen LogP contribution in [0.4, 0.5) is 0 Å². The maximum absolute atomic E-state index is 11.4. The molecule has 1 aromatic rings. The van der Waals surface area contributed by atoms with Crippen LogP contribution in [0.15, 0.2) is 29.3 Å². The highest BCUT2D eigenvalue weighted by molar-refractivity contribution is 14.0. The summed E-state index contributed by atoms with van der Waals surface area (Å²) in [4.78, 5) is 17.7. The Labute approximate surface area is 150 Å². The summed E-state index contributed by atoms with van der Waals surface area (Å²) < 4.78 is 4.72. The molecular formula is C16H26IN3O2. The maximum Gasteiger partial charge on any atom is 0.310 e. The van der Waals surface area contributed by atoms with Gasteiger partial charge in [0, 0.05) is 27.2 Å². The van der Waals surface area contributed by atoms with Crippen LogP contribution >= 0.6 is 24.0 Å². The highest BCUT2D eigenvalue weighted by Crippen LogP contribution is 2.09. The number of aryl methyl sites for hydroxylation is 1. The zero-order valence-electron chi connectivity index (χ0n) is 13.9. The molecule has 22 heavy (non-hydrogen) atoms. The SMILES string of the molecule is CN=C(NCC(C)C(=O)OC)N(C)Cc1ccccc1C.I. The van der Waals surface area contributed by atoms with Crippen LogP contribution in [0.25, 0.3) is 0 Å². The third-order valence-electron chi connectivity index (χ3n) is 3.41. The molecule has 0 fully saturated rings. The summed E-state index contributed by atoms with van der Waals surface area (Å²) in [6, 6.07) is 8.27. The van der Waals surface area contributed by atoms with Gasteiger partial charge in [-0.1, -0.05) is 31.2 Å². The number of esters is 1. The van der Waals surface area contributed by atoms with Crippen LogP contribution in [-0.2, 0) is 16.1 Å². The Balaban J connectivity index is 0.00000441. The van der Waals surface area contributed by atoms with Gasteiger partial charge in [0.2, 0.25) is 0 Å². The molecule has 0 saturated carbocycles. The number of aliphatic imine (C=N–C) groups is 1. The molecule has 0 amide bonds. The molecule has 1 N–H and O–H groups in total. The first-order chi connectivity index (χ1) is 9.99. The smallest absolute Gasteiger partial charge is 0.310 e. The fraction of sp³-hybridized carbons (Fsp3) is 0.500. The van der Waals surface area contributed by atoms with Crippen molar-refractivity contribution >= 4 is 35.9 Å². The number of hydrogen-bond donors (Lipinski definition) is 1. The molecule has 5 nitrogen and oxygen atoms in total. The first-order valence-corrected chi connectivity index (χ1v) is 7.03. The van der Waals surface area contributed by atoms with E-state index in [-0.39, 0.29) is 35.9 Å². The summed E-state index contributed by atoms with van der Waals surface area (Å²) in [5.74, 6) is 0.326. The first-order valence-electron chi connectivity index (χ1n) is 7.03. The van der Waals surface area contributed by atoms with Crippen molar-refractivity contribution in [1.82, 2.24) is 10.2 Å². The quantitative estimate of drug-likeness (QED) is 0.345. The predicted octanol–water partition coefficient (Wildman–Crippen LogP) is 2.43. The van der Waals surface area contributed by atoms with E-state index in [1.54, 1.807) is 7.05 Å². The lowest BCUT2D eigenvalue weighted by atomic mass is 10.1. The molecule has 0 heterocycles. The molecule has 0 aromatic heterocycles. The van der Waals surface area contributed by atoms with E-state index >= 15 is 0 Å². The van der Waals surface area contributed by atoms with Crippen molar-refractivity contribution in [3.05, 3.63) is 35.4 Å². The van der Waals surface area contributed by atoms with Gasteiger partial charge in [-0.15, -0.1) is 24.0 Å². The Kier molecular flexibility index (Phi) is 9.80. The molecule has 124 valence electrons. The van der Waals surface area contributed by atoms with Crippen LogP contribution in [-0.4, -0.2) is 44.6 Å². The number of nitrogens with one attached hydrogen (secondary N) is 1. The minimum atomic E-state index is -0.223. The van der Waals surface area contributed by atoms with Gasteiger partial charge < -0.3 is 15.0 Å². The van der Waals surface area contributed by atoms with Crippen LogP contribution in [0.3, 0.4) is 0 Å². The van der Waals surface area contributed by atoms with E-state index < -0.39 is 0 Å². The van der Waals surface area contributed by atoms with Crippen molar-refractivity contribution in [3.63, 3.8) is 0 Å². The Morgan fingerprint density at radius 3 is 2.59 bits per heavy atom. The minimum absolute atomic E-state index is 0. The van der Waals surface area contributed by atoms with Gasteiger partial charge in [0.05, 0.1) is 13.0 Å². The number of hydrogen-bond acceptors (Lipinski definition) is 3. The van der Waals surface area contributed by atoms with Crippen molar-refractivity contribution in [2.45, 2.75) is 20.4 Å². The first kappa shape index (κ1) is 20.7. The van der Waals surface area contributed by atoms with E-state index in [0.29, 0.717) is 6.54 Å². The van der Waals surface area contributed by atoms with Crippen molar-refractivity contribution in [2.75, 3.05) is 27.7 Å². The number of guanidine groups is 1. The van der Waals surface area contributed by atoms with E-state index in [1.807, 2.05) is 31.0 Å². The van der Waals surface area contributed by atoms with Gasteiger partial charge >= 0.3 is 5.97 Å². The zero-order chi connectivity index (χ0) is 15.8. The summed E-state index contributed by atoms with van der Waals surface area (Å²) in [6.45, 7) is 5.18. The fourth-order valence-electron chi connectivity index (χ4n) is 2.03. The Hall–Kier alpha value is -1.31. The number of carbonyl (C=O) groups is 1. The molecule has 6 heteroatoms. The monoisotopic (exact) mass is 419 g/mol. The molecule has 1 rings (SSSR count). The molecule has 1 unspecified atom stereocenters. The molecule has 0 spiro atoms. The van der Waals surface area contributed by atoms with Gasteiger partial charge in [-0.05, 0) is 18.1 Å². The third-order valence-corrected chi connectivity index (χ3v) is 3.41. The van der Waals surface area contributed by atoms with Crippen LogP contribution in [0, 0.1) is 12.8 Å². The van der Waals surface area contributed by atoms with Crippen molar-refractivity contribution in [2.24, 2.45) is 10.9 Å². The summed E-state index contributed by atoms with van der Waals surface area (Å²) in [6.07, 6.45) is 0. The average molecular weight is 419 g/mol. The van der Waals surface area contributed by atoms with Crippen molar-refractivity contribution < 1.29 is 9.53 Å². The molecule has 1 aromatic carbocycles. The largest absolute Gasteiger partial charge is 0.469 e. The Morgan fingerprint density at radius 1 is 1.41 bits per heavy atom. The van der Waals surface area contributed by atoms with Gasteiger partial charge in [0.15, 0.2) is 5.96 Å². The second kappa shape index (κ2) is 10.4. The van der Waals surface area contributed by atoms with Gasteiger partial charge in [-0.3, -0.25) is 9.79 Å². The van der Waals surface area contributed by atoms with Gasteiger partial charge in [-0.25, -0.2) is 0 Å². The number of ether oxygens (including phenoxy) is 1. The van der Waals surface area contributed by atoms with Crippen LogP contribution in [0.1, 0.15) is 18.1 Å². The zero-order valence-corrected chi connectivity index (χ0v) is 16.3.